The first-order valence-electron chi connectivity index (χ1n) is 6.05. The molecule has 7 heteroatoms. The standard InChI is InChI=1S/C11H22N2O5/c14-7-9(8-15)6-13-11(18)12-5-3-1-2-4-10(16)17/h9,14-15H,1-8H2,(H,16,17)(H2,12,13,18). The van der Waals surface area contributed by atoms with E-state index in [0.717, 1.165) is 12.8 Å². The van der Waals surface area contributed by atoms with Gasteiger partial charge in [-0.1, -0.05) is 6.42 Å². The molecule has 0 fully saturated rings. The van der Waals surface area contributed by atoms with Crippen molar-refractivity contribution in [2.45, 2.75) is 25.7 Å². The Morgan fingerprint density at radius 1 is 1.00 bits per heavy atom. The number of rotatable bonds is 10. The van der Waals surface area contributed by atoms with Crippen LogP contribution in [0.15, 0.2) is 0 Å². The fourth-order valence-corrected chi connectivity index (χ4v) is 1.27. The van der Waals surface area contributed by atoms with E-state index in [2.05, 4.69) is 10.6 Å². The van der Waals surface area contributed by atoms with Crippen LogP contribution in [0.2, 0.25) is 0 Å². The zero-order valence-corrected chi connectivity index (χ0v) is 10.4. The maximum Gasteiger partial charge on any atom is 0.314 e. The number of carbonyl (C=O) groups is 2. The minimum Gasteiger partial charge on any atom is -0.481 e. The zero-order chi connectivity index (χ0) is 13.8. The summed E-state index contributed by atoms with van der Waals surface area (Å²) in [5, 5.41) is 31.1. The largest absolute Gasteiger partial charge is 0.481 e. The topological polar surface area (TPSA) is 119 Å². The highest BCUT2D eigenvalue weighted by atomic mass is 16.4. The number of aliphatic hydroxyl groups is 2. The quantitative estimate of drug-likeness (QED) is 0.341. The van der Waals surface area contributed by atoms with Crippen molar-refractivity contribution in [1.82, 2.24) is 10.6 Å². The van der Waals surface area contributed by atoms with Crippen LogP contribution in [0.5, 0.6) is 0 Å². The second-order valence-corrected chi connectivity index (χ2v) is 4.07. The third-order valence-electron chi connectivity index (χ3n) is 2.42. The molecule has 0 heterocycles. The van der Waals surface area contributed by atoms with Crippen molar-refractivity contribution < 1.29 is 24.9 Å². The summed E-state index contributed by atoms with van der Waals surface area (Å²) < 4.78 is 0. The van der Waals surface area contributed by atoms with E-state index < -0.39 is 5.97 Å². The minimum atomic E-state index is -0.806. The predicted octanol–water partition coefficient (Wildman–Crippen LogP) is -0.469. The SMILES string of the molecule is O=C(O)CCCCCNC(=O)NCC(CO)CO. The molecule has 5 N–H and O–H groups in total. The fourth-order valence-electron chi connectivity index (χ4n) is 1.27. The van der Waals surface area contributed by atoms with Gasteiger partial charge < -0.3 is 26.0 Å². The average molecular weight is 262 g/mol. The van der Waals surface area contributed by atoms with Gasteiger partial charge in [0.15, 0.2) is 0 Å². The molecule has 0 aliphatic heterocycles. The molecule has 0 spiro atoms. The summed E-state index contributed by atoms with van der Waals surface area (Å²) in [6, 6.07) is -0.347. The Bertz CT molecular complexity index is 244. The fraction of sp³-hybridized carbons (Fsp3) is 0.818. The van der Waals surface area contributed by atoms with Gasteiger partial charge in [-0.3, -0.25) is 4.79 Å². The van der Waals surface area contributed by atoms with Gasteiger partial charge in [0.05, 0.1) is 0 Å². The predicted molar refractivity (Wildman–Crippen MR) is 65.2 cm³/mol. The van der Waals surface area contributed by atoms with Gasteiger partial charge in [0, 0.05) is 38.6 Å². The van der Waals surface area contributed by atoms with Gasteiger partial charge in [-0.25, -0.2) is 4.79 Å². The summed E-state index contributed by atoms with van der Waals surface area (Å²) in [5.74, 6) is -1.15. The van der Waals surface area contributed by atoms with E-state index in [9.17, 15) is 9.59 Å². The number of carboxylic acids is 1. The molecule has 18 heavy (non-hydrogen) atoms. The van der Waals surface area contributed by atoms with Crippen LogP contribution in [0.4, 0.5) is 4.79 Å². The monoisotopic (exact) mass is 262 g/mol. The first-order valence-corrected chi connectivity index (χ1v) is 6.05. The Morgan fingerprint density at radius 3 is 2.22 bits per heavy atom. The number of nitrogens with one attached hydrogen (secondary N) is 2. The van der Waals surface area contributed by atoms with Crippen molar-refractivity contribution in [2.24, 2.45) is 5.92 Å². The van der Waals surface area contributed by atoms with Crippen LogP contribution in [0.25, 0.3) is 0 Å². The molecule has 0 aromatic carbocycles. The molecule has 0 aromatic heterocycles. The number of carboxylic acid groups (broad SMARTS) is 1. The molecule has 0 saturated carbocycles. The van der Waals surface area contributed by atoms with Crippen molar-refractivity contribution >= 4 is 12.0 Å². The van der Waals surface area contributed by atoms with Crippen LogP contribution >= 0.6 is 0 Å². The zero-order valence-electron chi connectivity index (χ0n) is 10.4. The molecular weight excluding hydrogens is 240 g/mol. The number of aliphatic carboxylic acids is 1. The number of amides is 2. The Hall–Kier alpha value is -1.34. The number of hydrogen-bond acceptors (Lipinski definition) is 4. The van der Waals surface area contributed by atoms with Crippen LogP contribution < -0.4 is 10.6 Å². The van der Waals surface area contributed by atoms with E-state index in [-0.39, 0.29) is 38.1 Å². The highest BCUT2D eigenvalue weighted by Gasteiger charge is 2.07. The average Bonchev–Trinajstić information content (AvgIpc) is 2.34. The number of hydrogen-bond donors (Lipinski definition) is 5. The van der Waals surface area contributed by atoms with Crippen LogP contribution in [-0.4, -0.2) is 53.6 Å². The molecule has 0 atom stereocenters. The molecule has 0 aliphatic rings. The first-order chi connectivity index (χ1) is 8.60. The first kappa shape index (κ1) is 16.7. The molecule has 0 radical (unpaired) electrons. The van der Waals surface area contributed by atoms with Crippen molar-refractivity contribution in [3.8, 4) is 0 Å². The summed E-state index contributed by atoms with van der Waals surface area (Å²) in [7, 11) is 0. The van der Waals surface area contributed by atoms with Crippen LogP contribution in [0, 0.1) is 5.92 Å². The van der Waals surface area contributed by atoms with Gasteiger partial charge in [-0.05, 0) is 12.8 Å². The lowest BCUT2D eigenvalue weighted by atomic mass is 10.2. The molecule has 0 unspecified atom stereocenters. The summed E-state index contributed by atoms with van der Waals surface area (Å²) >= 11 is 0. The summed E-state index contributed by atoms with van der Waals surface area (Å²) in [5.41, 5.74) is 0. The van der Waals surface area contributed by atoms with Gasteiger partial charge in [-0.2, -0.15) is 0 Å². The highest BCUT2D eigenvalue weighted by Crippen LogP contribution is 1.98. The minimum absolute atomic E-state index is 0.154. The smallest absolute Gasteiger partial charge is 0.314 e. The summed E-state index contributed by atoms with van der Waals surface area (Å²) in [6.45, 7) is 0.351. The van der Waals surface area contributed by atoms with Crippen LogP contribution in [0.1, 0.15) is 25.7 Å². The lowest BCUT2D eigenvalue weighted by Gasteiger charge is -2.12. The van der Waals surface area contributed by atoms with Gasteiger partial charge in [0.1, 0.15) is 0 Å². The van der Waals surface area contributed by atoms with E-state index in [1.807, 2.05) is 0 Å². The molecular formula is C11H22N2O5. The van der Waals surface area contributed by atoms with Gasteiger partial charge in [0.25, 0.3) is 0 Å². The number of aliphatic hydroxyl groups excluding tert-OH is 2. The molecule has 7 nitrogen and oxygen atoms in total. The van der Waals surface area contributed by atoms with E-state index in [1.165, 1.54) is 0 Å². The van der Waals surface area contributed by atoms with Gasteiger partial charge in [-0.15, -0.1) is 0 Å². The van der Waals surface area contributed by atoms with E-state index >= 15 is 0 Å². The number of carbonyl (C=O) groups excluding carboxylic acids is 1. The van der Waals surface area contributed by atoms with Crippen molar-refractivity contribution in [3.05, 3.63) is 0 Å². The van der Waals surface area contributed by atoms with Crippen molar-refractivity contribution in [2.75, 3.05) is 26.3 Å². The molecule has 0 saturated heterocycles. The molecule has 0 bridgehead atoms. The van der Waals surface area contributed by atoms with Crippen molar-refractivity contribution in [1.29, 1.82) is 0 Å². The molecule has 2 amide bonds. The van der Waals surface area contributed by atoms with Crippen LogP contribution in [-0.2, 0) is 4.79 Å². The molecule has 0 aliphatic carbocycles. The maximum absolute atomic E-state index is 11.2. The van der Waals surface area contributed by atoms with Crippen LogP contribution in [0.3, 0.4) is 0 Å². The van der Waals surface area contributed by atoms with Gasteiger partial charge in [0.2, 0.25) is 0 Å². The lowest BCUT2D eigenvalue weighted by molar-refractivity contribution is -0.137. The Balaban J connectivity index is 3.39. The van der Waals surface area contributed by atoms with Gasteiger partial charge >= 0.3 is 12.0 Å². The summed E-state index contributed by atoms with van der Waals surface area (Å²) in [4.78, 5) is 21.5. The maximum atomic E-state index is 11.2. The Morgan fingerprint density at radius 2 is 1.67 bits per heavy atom. The van der Waals surface area contributed by atoms with Crippen molar-refractivity contribution in [3.63, 3.8) is 0 Å². The lowest BCUT2D eigenvalue weighted by Crippen LogP contribution is -2.40. The Labute approximate surface area is 106 Å². The third-order valence-corrected chi connectivity index (χ3v) is 2.42. The Kier molecular flexibility index (Phi) is 9.99. The van der Waals surface area contributed by atoms with E-state index in [0.29, 0.717) is 13.0 Å². The molecule has 0 aromatic rings. The normalized spacial score (nSPS) is 10.4. The van der Waals surface area contributed by atoms with E-state index in [1.54, 1.807) is 0 Å². The highest BCUT2D eigenvalue weighted by molar-refractivity contribution is 5.73. The second kappa shape index (κ2) is 10.8. The summed E-state index contributed by atoms with van der Waals surface area (Å²) in [6.07, 6.45) is 2.24. The second-order valence-electron chi connectivity index (χ2n) is 4.07. The van der Waals surface area contributed by atoms with E-state index in [4.69, 9.17) is 15.3 Å². The number of urea groups is 1. The third kappa shape index (κ3) is 9.86. The molecule has 0 rings (SSSR count). The molecule has 106 valence electrons. The number of unbranched alkanes of at least 4 members (excludes halogenated alkanes) is 2.